The molecule has 0 saturated heterocycles. The fourth-order valence-electron chi connectivity index (χ4n) is 2.37. The number of ether oxygens (including phenoxy) is 2. The summed E-state index contributed by atoms with van der Waals surface area (Å²) in [5, 5.41) is 3.96. The van der Waals surface area contributed by atoms with Gasteiger partial charge in [-0.05, 0) is 49.7 Å². The van der Waals surface area contributed by atoms with Gasteiger partial charge in [0.25, 0.3) is 0 Å². The van der Waals surface area contributed by atoms with Crippen LogP contribution in [0.15, 0.2) is 78.1 Å². The maximum atomic E-state index is 5.96. The first-order chi connectivity index (χ1) is 13.6. The summed E-state index contributed by atoms with van der Waals surface area (Å²) in [4.78, 5) is 9.59. The van der Waals surface area contributed by atoms with Gasteiger partial charge in [-0.1, -0.05) is 35.5 Å². The Labute approximate surface area is 164 Å². The normalized spacial score (nSPS) is 11.3. The first kappa shape index (κ1) is 19.2. The number of oxime groups is 1. The van der Waals surface area contributed by atoms with Crippen LogP contribution in [0.3, 0.4) is 0 Å². The minimum Gasteiger partial charge on any atom is -0.491 e. The van der Waals surface area contributed by atoms with Crippen molar-refractivity contribution >= 4 is 5.84 Å². The van der Waals surface area contributed by atoms with Gasteiger partial charge in [-0.25, -0.2) is 4.98 Å². The second-order valence-electron chi connectivity index (χ2n) is 6.36. The molecule has 0 aliphatic carbocycles. The third-order valence-corrected chi connectivity index (χ3v) is 3.69. The molecule has 2 aromatic carbocycles. The molecule has 0 atom stereocenters. The Bertz CT molecular complexity index is 893. The predicted molar refractivity (Wildman–Crippen MR) is 108 cm³/mol. The van der Waals surface area contributed by atoms with E-state index in [-0.39, 0.29) is 11.9 Å². The Morgan fingerprint density at radius 2 is 1.71 bits per heavy atom. The third kappa shape index (κ3) is 5.74. The summed E-state index contributed by atoms with van der Waals surface area (Å²) >= 11 is 0. The molecule has 0 amide bonds. The van der Waals surface area contributed by atoms with Gasteiger partial charge >= 0.3 is 0 Å². The highest BCUT2D eigenvalue weighted by Crippen LogP contribution is 2.18. The van der Waals surface area contributed by atoms with Crippen molar-refractivity contribution in [2.45, 2.75) is 26.6 Å². The smallest absolute Gasteiger partial charge is 0.219 e. The van der Waals surface area contributed by atoms with Crippen molar-refractivity contribution < 1.29 is 14.3 Å². The standard InChI is InChI=1S/C22H23N3O3/c1-16(2)27-20-11-8-17(9-12-20)15-26-25-22(23)18-10-13-21(24-14-18)28-19-6-4-3-5-7-19/h3-14,16H,15H2,1-2H3,(H2,23,25). The van der Waals surface area contributed by atoms with Crippen molar-refractivity contribution in [2.24, 2.45) is 10.9 Å². The Hall–Kier alpha value is -3.54. The number of para-hydroxylation sites is 1. The summed E-state index contributed by atoms with van der Waals surface area (Å²) in [6.07, 6.45) is 1.74. The topological polar surface area (TPSA) is 79.0 Å². The van der Waals surface area contributed by atoms with E-state index in [9.17, 15) is 0 Å². The van der Waals surface area contributed by atoms with Gasteiger partial charge in [0.05, 0.1) is 6.10 Å². The average molecular weight is 377 g/mol. The summed E-state index contributed by atoms with van der Waals surface area (Å²) in [7, 11) is 0. The molecule has 1 heterocycles. The quantitative estimate of drug-likeness (QED) is 0.355. The predicted octanol–water partition coefficient (Wildman–Crippen LogP) is 4.50. The van der Waals surface area contributed by atoms with E-state index >= 15 is 0 Å². The van der Waals surface area contributed by atoms with E-state index in [4.69, 9.17) is 20.0 Å². The summed E-state index contributed by atoms with van der Waals surface area (Å²) in [6, 6.07) is 20.6. The molecule has 0 saturated carbocycles. The molecular formula is C22H23N3O3. The molecule has 0 fully saturated rings. The third-order valence-electron chi connectivity index (χ3n) is 3.69. The van der Waals surface area contributed by atoms with Crippen LogP contribution in [0.25, 0.3) is 0 Å². The lowest BCUT2D eigenvalue weighted by atomic mass is 10.2. The fourth-order valence-corrected chi connectivity index (χ4v) is 2.37. The van der Waals surface area contributed by atoms with Gasteiger partial charge < -0.3 is 20.0 Å². The molecule has 6 heteroatoms. The van der Waals surface area contributed by atoms with E-state index in [1.54, 1.807) is 18.3 Å². The van der Waals surface area contributed by atoms with Gasteiger partial charge in [-0.2, -0.15) is 0 Å². The van der Waals surface area contributed by atoms with Gasteiger partial charge in [0.2, 0.25) is 5.88 Å². The molecule has 3 aromatic rings. The molecule has 0 radical (unpaired) electrons. The first-order valence-electron chi connectivity index (χ1n) is 9.00. The molecule has 144 valence electrons. The summed E-state index contributed by atoms with van der Waals surface area (Å²) < 4.78 is 11.3. The van der Waals surface area contributed by atoms with Crippen LogP contribution >= 0.6 is 0 Å². The van der Waals surface area contributed by atoms with Gasteiger partial charge in [0, 0.05) is 17.8 Å². The number of benzene rings is 2. The van der Waals surface area contributed by atoms with Gasteiger partial charge in [0.15, 0.2) is 5.84 Å². The highest BCUT2D eigenvalue weighted by Gasteiger charge is 2.03. The molecule has 0 unspecified atom stereocenters. The van der Waals surface area contributed by atoms with Crippen LogP contribution in [0, 0.1) is 0 Å². The van der Waals surface area contributed by atoms with Crippen LogP contribution in [0.4, 0.5) is 0 Å². The zero-order chi connectivity index (χ0) is 19.8. The molecule has 2 N–H and O–H groups in total. The average Bonchev–Trinajstić information content (AvgIpc) is 2.70. The minimum absolute atomic E-state index is 0.143. The van der Waals surface area contributed by atoms with E-state index in [1.807, 2.05) is 68.4 Å². The molecule has 28 heavy (non-hydrogen) atoms. The lowest BCUT2D eigenvalue weighted by Gasteiger charge is -2.09. The molecule has 0 spiro atoms. The van der Waals surface area contributed by atoms with Crippen molar-refractivity contribution in [1.29, 1.82) is 0 Å². The van der Waals surface area contributed by atoms with E-state index in [2.05, 4.69) is 10.1 Å². The van der Waals surface area contributed by atoms with Crippen LogP contribution in [0.2, 0.25) is 0 Å². The van der Waals surface area contributed by atoms with Crippen LogP contribution in [0.1, 0.15) is 25.0 Å². The highest BCUT2D eigenvalue weighted by atomic mass is 16.6. The maximum Gasteiger partial charge on any atom is 0.219 e. The van der Waals surface area contributed by atoms with Crippen LogP contribution in [-0.2, 0) is 11.4 Å². The number of pyridine rings is 1. The van der Waals surface area contributed by atoms with Crippen molar-refractivity contribution in [3.8, 4) is 17.4 Å². The van der Waals surface area contributed by atoms with Gasteiger partial charge in [0.1, 0.15) is 18.1 Å². The molecular weight excluding hydrogens is 354 g/mol. The van der Waals surface area contributed by atoms with Crippen LogP contribution < -0.4 is 15.2 Å². The number of rotatable bonds is 8. The van der Waals surface area contributed by atoms with Crippen molar-refractivity contribution in [3.05, 3.63) is 84.1 Å². The lowest BCUT2D eigenvalue weighted by Crippen LogP contribution is -2.14. The second kappa shape index (κ2) is 9.41. The summed E-state index contributed by atoms with van der Waals surface area (Å²) in [5.41, 5.74) is 7.59. The lowest BCUT2D eigenvalue weighted by molar-refractivity contribution is 0.130. The van der Waals surface area contributed by atoms with Gasteiger partial charge in [-0.3, -0.25) is 0 Å². The van der Waals surface area contributed by atoms with E-state index < -0.39 is 0 Å². The van der Waals surface area contributed by atoms with E-state index in [0.717, 1.165) is 17.1 Å². The molecule has 6 nitrogen and oxygen atoms in total. The Balaban J connectivity index is 1.53. The minimum atomic E-state index is 0.143. The molecule has 0 aliphatic heterocycles. The highest BCUT2D eigenvalue weighted by molar-refractivity contribution is 5.96. The van der Waals surface area contributed by atoms with Crippen molar-refractivity contribution in [3.63, 3.8) is 0 Å². The molecule has 0 aliphatic rings. The van der Waals surface area contributed by atoms with Gasteiger partial charge in [-0.15, -0.1) is 0 Å². The monoisotopic (exact) mass is 377 g/mol. The Kier molecular flexibility index (Phi) is 6.46. The van der Waals surface area contributed by atoms with E-state index in [0.29, 0.717) is 18.1 Å². The second-order valence-corrected chi connectivity index (χ2v) is 6.36. The number of hydrogen-bond donors (Lipinski definition) is 1. The fraction of sp³-hybridized carbons (Fsp3) is 0.182. The summed E-state index contributed by atoms with van der Waals surface area (Å²) in [6.45, 7) is 4.29. The number of nitrogens with two attached hydrogens (primary N) is 1. The molecule has 0 bridgehead atoms. The summed E-state index contributed by atoms with van der Waals surface area (Å²) in [5.74, 6) is 2.27. The van der Waals surface area contributed by atoms with Crippen LogP contribution in [-0.4, -0.2) is 16.9 Å². The zero-order valence-corrected chi connectivity index (χ0v) is 15.9. The Morgan fingerprint density at radius 1 is 0.964 bits per heavy atom. The number of hydrogen-bond acceptors (Lipinski definition) is 5. The van der Waals surface area contributed by atoms with E-state index in [1.165, 1.54) is 0 Å². The number of aromatic nitrogens is 1. The Morgan fingerprint density at radius 3 is 2.36 bits per heavy atom. The van der Waals surface area contributed by atoms with Crippen LogP contribution in [0.5, 0.6) is 17.4 Å². The molecule has 1 aromatic heterocycles. The number of nitrogens with zero attached hydrogens (tertiary/aromatic N) is 2. The first-order valence-corrected chi connectivity index (χ1v) is 9.00. The number of amidine groups is 1. The zero-order valence-electron chi connectivity index (χ0n) is 15.9. The SMILES string of the molecule is CC(C)Oc1ccc(CO/N=C(/N)c2ccc(Oc3ccccc3)nc2)cc1. The largest absolute Gasteiger partial charge is 0.491 e. The van der Waals surface area contributed by atoms with Crippen molar-refractivity contribution in [1.82, 2.24) is 4.98 Å². The molecule has 3 rings (SSSR count). The maximum absolute atomic E-state index is 5.96. The van der Waals surface area contributed by atoms with Crippen molar-refractivity contribution in [2.75, 3.05) is 0 Å².